The molecule has 0 unspecified atom stereocenters. The lowest BCUT2D eigenvalue weighted by atomic mass is 10.1. The Labute approximate surface area is 160 Å². The molecule has 0 radical (unpaired) electrons. The smallest absolute Gasteiger partial charge is 0.234 e. The van der Waals surface area contributed by atoms with Crippen LogP contribution in [0.15, 0.2) is 17.3 Å². The highest BCUT2D eigenvalue weighted by atomic mass is 35.5. The van der Waals surface area contributed by atoms with Gasteiger partial charge in [0, 0.05) is 18.1 Å². The first-order valence-corrected chi connectivity index (χ1v) is 9.99. The van der Waals surface area contributed by atoms with Crippen molar-refractivity contribution in [2.24, 2.45) is 0 Å². The third-order valence-electron chi connectivity index (χ3n) is 4.46. The van der Waals surface area contributed by atoms with Gasteiger partial charge in [-0.1, -0.05) is 36.2 Å². The summed E-state index contributed by atoms with van der Waals surface area (Å²) in [6, 6.07) is 3.34. The van der Waals surface area contributed by atoms with E-state index in [1.54, 1.807) is 12.1 Å². The highest BCUT2D eigenvalue weighted by Crippen LogP contribution is 2.38. The van der Waals surface area contributed by atoms with Gasteiger partial charge in [0.2, 0.25) is 11.1 Å². The van der Waals surface area contributed by atoms with Crippen molar-refractivity contribution in [3.05, 3.63) is 23.0 Å². The zero-order valence-electron chi connectivity index (χ0n) is 14.1. The molecule has 1 aromatic heterocycles. The Hall–Kier alpha value is -1.93. The van der Waals surface area contributed by atoms with Crippen molar-refractivity contribution in [1.82, 2.24) is 15.2 Å². The van der Waals surface area contributed by atoms with Crippen LogP contribution in [-0.4, -0.2) is 40.1 Å². The van der Waals surface area contributed by atoms with E-state index in [0.717, 1.165) is 18.7 Å². The van der Waals surface area contributed by atoms with E-state index < -0.39 is 0 Å². The van der Waals surface area contributed by atoms with Gasteiger partial charge in [0.25, 0.3) is 0 Å². The van der Waals surface area contributed by atoms with Gasteiger partial charge in [-0.2, -0.15) is 0 Å². The van der Waals surface area contributed by atoms with Crippen LogP contribution in [0.5, 0.6) is 11.5 Å². The van der Waals surface area contributed by atoms with Gasteiger partial charge in [0.05, 0.1) is 16.5 Å². The van der Waals surface area contributed by atoms with E-state index in [9.17, 15) is 4.79 Å². The van der Waals surface area contributed by atoms with Gasteiger partial charge in [-0.25, -0.2) is 4.98 Å². The van der Waals surface area contributed by atoms with Crippen molar-refractivity contribution in [2.45, 2.75) is 36.8 Å². The van der Waals surface area contributed by atoms with E-state index >= 15 is 0 Å². The van der Waals surface area contributed by atoms with E-state index in [1.165, 1.54) is 24.6 Å². The molecule has 1 amide bonds. The second-order valence-corrected chi connectivity index (χ2v) is 7.65. The number of aromatic nitrogens is 3. The molecule has 26 heavy (non-hydrogen) atoms. The number of hydrogen-bond acceptors (Lipinski definition) is 6. The fourth-order valence-electron chi connectivity index (χ4n) is 3.18. The van der Waals surface area contributed by atoms with Crippen LogP contribution in [0, 0.1) is 0 Å². The summed E-state index contributed by atoms with van der Waals surface area (Å²) in [5.74, 6) is 2.60. The molecule has 1 aromatic carbocycles. The van der Waals surface area contributed by atoms with Gasteiger partial charge in [-0.05, 0) is 12.8 Å². The standard InChI is InChI=1S/C17H19ClN4O3S/c18-11-7-13-14(25-6-5-24-13)8-12(11)19-15(23)9-26-17-20-16(21-22-17)10-3-1-2-4-10/h7-8,10H,1-6,9H2,(H,19,23)(H,20,21,22). The molecule has 1 saturated carbocycles. The predicted molar refractivity (Wildman–Crippen MR) is 99.4 cm³/mol. The van der Waals surface area contributed by atoms with Crippen LogP contribution in [0.1, 0.15) is 37.4 Å². The van der Waals surface area contributed by atoms with E-state index in [0.29, 0.717) is 46.5 Å². The van der Waals surface area contributed by atoms with Crippen LogP contribution in [0.3, 0.4) is 0 Å². The number of carbonyl (C=O) groups excluding carboxylic acids is 1. The molecule has 2 heterocycles. The molecule has 9 heteroatoms. The number of benzene rings is 1. The summed E-state index contributed by atoms with van der Waals surface area (Å²) < 4.78 is 11.0. The number of H-pyrrole nitrogens is 1. The second-order valence-electron chi connectivity index (χ2n) is 6.30. The zero-order valence-corrected chi connectivity index (χ0v) is 15.7. The van der Waals surface area contributed by atoms with Crippen molar-refractivity contribution < 1.29 is 14.3 Å². The number of amides is 1. The van der Waals surface area contributed by atoms with Crippen LogP contribution < -0.4 is 14.8 Å². The summed E-state index contributed by atoms with van der Waals surface area (Å²) in [5, 5.41) is 11.0. The number of thioether (sulfide) groups is 1. The SMILES string of the molecule is O=C(CSc1n[nH]c(C2CCCC2)n1)Nc1cc2c(cc1Cl)OCCO2. The minimum atomic E-state index is -0.180. The second kappa shape index (κ2) is 7.75. The molecule has 138 valence electrons. The predicted octanol–water partition coefficient (Wildman–Crippen LogP) is 3.62. The average Bonchev–Trinajstić information content (AvgIpc) is 3.32. The minimum Gasteiger partial charge on any atom is -0.486 e. The zero-order chi connectivity index (χ0) is 17.9. The van der Waals surface area contributed by atoms with Gasteiger partial charge in [-0.3, -0.25) is 9.89 Å². The average molecular weight is 395 g/mol. The first-order chi connectivity index (χ1) is 12.7. The largest absolute Gasteiger partial charge is 0.486 e. The molecular formula is C17H19ClN4O3S. The van der Waals surface area contributed by atoms with Gasteiger partial charge in [0.15, 0.2) is 11.5 Å². The first kappa shape index (κ1) is 17.5. The van der Waals surface area contributed by atoms with E-state index in [-0.39, 0.29) is 11.7 Å². The number of hydrogen-bond donors (Lipinski definition) is 2. The molecule has 7 nitrogen and oxygen atoms in total. The lowest BCUT2D eigenvalue weighted by molar-refractivity contribution is -0.113. The van der Waals surface area contributed by atoms with Gasteiger partial charge in [-0.15, -0.1) is 5.10 Å². The van der Waals surface area contributed by atoms with Gasteiger partial charge in [0.1, 0.15) is 19.0 Å². The Bertz CT molecular complexity index is 807. The van der Waals surface area contributed by atoms with Crippen LogP contribution in [0.2, 0.25) is 5.02 Å². The molecule has 4 rings (SSSR count). The fourth-order valence-corrected chi connectivity index (χ4v) is 3.99. The molecule has 1 aliphatic heterocycles. The number of ether oxygens (including phenoxy) is 2. The van der Waals surface area contributed by atoms with Crippen LogP contribution in [-0.2, 0) is 4.79 Å². The Morgan fingerprint density at radius 1 is 1.27 bits per heavy atom. The molecule has 0 spiro atoms. The number of carbonyl (C=O) groups is 1. The molecular weight excluding hydrogens is 376 g/mol. The summed E-state index contributed by atoms with van der Waals surface area (Å²) in [6.07, 6.45) is 4.80. The highest BCUT2D eigenvalue weighted by Gasteiger charge is 2.21. The number of aromatic amines is 1. The van der Waals surface area contributed by atoms with Crippen molar-refractivity contribution in [3.8, 4) is 11.5 Å². The van der Waals surface area contributed by atoms with Crippen molar-refractivity contribution in [1.29, 1.82) is 0 Å². The molecule has 2 aliphatic rings. The minimum absolute atomic E-state index is 0.180. The Morgan fingerprint density at radius 2 is 2.00 bits per heavy atom. The molecule has 1 fully saturated rings. The van der Waals surface area contributed by atoms with E-state index in [4.69, 9.17) is 21.1 Å². The van der Waals surface area contributed by atoms with Crippen molar-refractivity contribution in [3.63, 3.8) is 0 Å². The molecule has 1 aliphatic carbocycles. The van der Waals surface area contributed by atoms with Gasteiger partial charge < -0.3 is 14.8 Å². The Kier molecular flexibility index (Phi) is 5.21. The maximum Gasteiger partial charge on any atom is 0.234 e. The molecule has 0 bridgehead atoms. The number of anilines is 1. The third-order valence-corrected chi connectivity index (χ3v) is 5.62. The normalized spacial score (nSPS) is 16.7. The Morgan fingerprint density at radius 3 is 2.77 bits per heavy atom. The monoisotopic (exact) mass is 394 g/mol. The molecule has 2 N–H and O–H groups in total. The lowest BCUT2D eigenvalue weighted by Gasteiger charge is -2.19. The molecule has 0 atom stereocenters. The number of nitrogens with zero attached hydrogens (tertiary/aromatic N) is 2. The van der Waals surface area contributed by atoms with Crippen LogP contribution >= 0.6 is 23.4 Å². The fraction of sp³-hybridized carbons (Fsp3) is 0.471. The summed E-state index contributed by atoms with van der Waals surface area (Å²) in [5.41, 5.74) is 0.503. The van der Waals surface area contributed by atoms with E-state index in [1.807, 2.05) is 0 Å². The number of nitrogens with one attached hydrogen (secondary N) is 2. The first-order valence-electron chi connectivity index (χ1n) is 8.63. The Balaban J connectivity index is 1.34. The maximum atomic E-state index is 12.2. The third kappa shape index (κ3) is 3.91. The highest BCUT2D eigenvalue weighted by molar-refractivity contribution is 7.99. The van der Waals surface area contributed by atoms with Crippen LogP contribution in [0.25, 0.3) is 0 Å². The lowest BCUT2D eigenvalue weighted by Crippen LogP contribution is -2.17. The van der Waals surface area contributed by atoms with Crippen molar-refractivity contribution >= 4 is 35.0 Å². The maximum absolute atomic E-state index is 12.2. The summed E-state index contributed by atoms with van der Waals surface area (Å²) in [6.45, 7) is 0.969. The van der Waals surface area contributed by atoms with Crippen LogP contribution in [0.4, 0.5) is 5.69 Å². The van der Waals surface area contributed by atoms with E-state index in [2.05, 4.69) is 20.5 Å². The molecule has 2 aromatic rings. The van der Waals surface area contributed by atoms with Crippen molar-refractivity contribution in [2.75, 3.05) is 24.3 Å². The molecule has 0 saturated heterocycles. The number of halogens is 1. The number of fused-ring (bicyclic) bond motifs is 1. The summed E-state index contributed by atoms with van der Waals surface area (Å²) in [4.78, 5) is 16.7. The summed E-state index contributed by atoms with van der Waals surface area (Å²) in [7, 11) is 0. The topological polar surface area (TPSA) is 89.1 Å². The quantitative estimate of drug-likeness (QED) is 0.753. The number of rotatable bonds is 5. The van der Waals surface area contributed by atoms with Gasteiger partial charge >= 0.3 is 0 Å². The summed E-state index contributed by atoms with van der Waals surface area (Å²) >= 11 is 7.51.